The van der Waals surface area contributed by atoms with Gasteiger partial charge >= 0.3 is 0 Å². The molecule has 0 bridgehead atoms. The first-order chi connectivity index (χ1) is 51.2. The van der Waals surface area contributed by atoms with Gasteiger partial charge in [-0.15, -0.1) is 0 Å². The van der Waals surface area contributed by atoms with Gasteiger partial charge in [-0.05, 0) is 84.6 Å². The maximum Gasteiger partial charge on any atom is 0.187 e. The van der Waals surface area contributed by atoms with Crippen LogP contribution in [0.25, 0.3) is 21.5 Å². The number of aliphatic hydroxyl groups excluding tert-OH is 3. The van der Waals surface area contributed by atoms with Gasteiger partial charge in [-0.1, -0.05) is 262 Å². The molecular formula is C87H98O17. The molecule has 0 aromatic heterocycles. The summed E-state index contributed by atoms with van der Waals surface area (Å²) in [4.78, 5) is 0. The number of hydrogen-bond donors (Lipinski definition) is 3. The molecule has 2 aliphatic heterocycles. The predicted molar refractivity (Wildman–Crippen MR) is 398 cm³/mol. The van der Waals surface area contributed by atoms with Crippen LogP contribution in [0.2, 0.25) is 0 Å². The third kappa shape index (κ3) is 23.0. The van der Waals surface area contributed by atoms with Crippen molar-refractivity contribution in [2.24, 2.45) is 0 Å². The maximum absolute atomic E-state index is 10.8. The van der Waals surface area contributed by atoms with Crippen LogP contribution in [0, 0.1) is 0 Å². The van der Waals surface area contributed by atoms with E-state index in [4.69, 9.17) is 66.3 Å². The Balaban J connectivity index is 0.000000208. The Bertz CT molecular complexity index is 3740. The Morgan fingerprint density at radius 3 is 0.923 bits per heavy atom. The number of aliphatic hydroxyl groups is 3. The zero-order valence-corrected chi connectivity index (χ0v) is 59.4. The minimum absolute atomic E-state index is 0.0115. The molecule has 3 N–H and O–H groups in total. The van der Waals surface area contributed by atoms with Gasteiger partial charge in [0.25, 0.3) is 0 Å². The van der Waals surface area contributed by atoms with Crippen molar-refractivity contribution in [1.82, 2.24) is 0 Å². The predicted octanol–water partition coefficient (Wildman–Crippen LogP) is 13.9. The molecule has 2 aliphatic rings. The van der Waals surface area contributed by atoms with Crippen LogP contribution in [-0.4, -0.2) is 148 Å². The summed E-state index contributed by atoms with van der Waals surface area (Å²) in [5.74, 6) is 0. The van der Waals surface area contributed by atoms with E-state index in [1.807, 2.05) is 213 Å². The van der Waals surface area contributed by atoms with E-state index in [2.05, 4.69) is 60.7 Å². The Kier molecular flexibility index (Phi) is 30.9. The molecule has 10 aromatic carbocycles. The first-order valence-electron chi connectivity index (χ1n) is 35.8. The van der Waals surface area contributed by atoms with Crippen LogP contribution in [0.15, 0.2) is 267 Å². The van der Waals surface area contributed by atoms with Gasteiger partial charge in [0, 0.05) is 14.2 Å². The Labute approximate surface area is 610 Å². The summed E-state index contributed by atoms with van der Waals surface area (Å²) >= 11 is 0. The van der Waals surface area contributed by atoms with E-state index < -0.39 is 85.8 Å². The average molecular weight is 1420 g/mol. The minimum atomic E-state index is -1.06. The molecule has 2 heterocycles. The second kappa shape index (κ2) is 41.7. The average Bonchev–Trinajstić information content (AvgIpc) is 1.63. The minimum Gasteiger partial charge on any atom is -0.394 e. The van der Waals surface area contributed by atoms with Gasteiger partial charge in [0.15, 0.2) is 12.6 Å². The fourth-order valence-electron chi connectivity index (χ4n) is 12.8. The van der Waals surface area contributed by atoms with Crippen molar-refractivity contribution < 1.29 is 81.6 Å². The summed E-state index contributed by atoms with van der Waals surface area (Å²) in [5, 5.41) is 36.0. The zero-order chi connectivity index (χ0) is 71.9. The Hall–Kier alpha value is -7.96. The van der Waals surface area contributed by atoms with Crippen molar-refractivity contribution in [3.05, 3.63) is 311 Å². The van der Waals surface area contributed by atoms with Crippen LogP contribution in [0.1, 0.15) is 57.9 Å². The van der Waals surface area contributed by atoms with Crippen molar-refractivity contribution in [3.8, 4) is 0 Å². The van der Waals surface area contributed by atoms with Crippen LogP contribution >= 0.6 is 0 Å². The van der Waals surface area contributed by atoms with E-state index >= 15 is 0 Å². The summed E-state index contributed by atoms with van der Waals surface area (Å²) in [7, 11) is 3.03. The normalized spacial score (nSPS) is 20.5. The van der Waals surface area contributed by atoms with Gasteiger partial charge in [0.05, 0.1) is 92.0 Å². The largest absolute Gasteiger partial charge is 0.394 e. The highest BCUT2D eigenvalue weighted by molar-refractivity contribution is 5.83. The fraction of sp³-hybridized carbons (Fsp3) is 0.356. The summed E-state index contributed by atoms with van der Waals surface area (Å²) < 4.78 is 88.9. The summed E-state index contributed by atoms with van der Waals surface area (Å²) in [6, 6.07) is 89.1. The molecule has 2 fully saturated rings. The molecule has 17 nitrogen and oxygen atoms in total. The van der Waals surface area contributed by atoms with Crippen molar-refractivity contribution in [3.63, 3.8) is 0 Å². The van der Waals surface area contributed by atoms with Crippen LogP contribution in [-0.2, 0) is 119 Å². The van der Waals surface area contributed by atoms with Gasteiger partial charge < -0.3 is 81.6 Å². The van der Waals surface area contributed by atoms with Crippen molar-refractivity contribution in [2.75, 3.05) is 47.3 Å². The van der Waals surface area contributed by atoms with Crippen LogP contribution in [0.4, 0.5) is 0 Å². The Morgan fingerprint density at radius 2 is 0.606 bits per heavy atom. The molecule has 0 amide bonds. The third-order valence-corrected chi connectivity index (χ3v) is 18.6. The lowest BCUT2D eigenvalue weighted by molar-refractivity contribution is -0.220. The van der Waals surface area contributed by atoms with Crippen molar-refractivity contribution in [2.45, 2.75) is 152 Å². The second-order valence-electron chi connectivity index (χ2n) is 26.0. The van der Waals surface area contributed by atoms with Crippen molar-refractivity contribution >= 4 is 21.5 Å². The molecule has 0 saturated carbocycles. The van der Waals surface area contributed by atoms with Crippen LogP contribution in [0.3, 0.4) is 0 Å². The molecule has 0 spiro atoms. The third-order valence-electron chi connectivity index (χ3n) is 18.6. The van der Waals surface area contributed by atoms with E-state index in [9.17, 15) is 15.3 Å². The molecule has 10 aromatic rings. The highest BCUT2D eigenvalue weighted by Gasteiger charge is 2.47. The molecule has 8 unspecified atom stereocenters. The standard InChI is InChI=1S/C44H50O8.C43H48O9/c1-3-38-41(45)43(46-2)44(52-38)51-31-40(49-28-33-17-9-5-10-18-33)42(50-29-34-19-11-6-12-20-34)39(48-27-32-15-7-4-8-16-32)30-47-26-35-23-24-36-21-13-14-22-37(36)25-35;1-46-42-40(45)37(24-44)52-43(42)51-30-39(49-27-32-15-7-3-8-16-32)41(50-28-33-17-9-4-10-18-33)38(48-26-31-13-5-2-6-14-31)29-47-25-34-21-22-35-19-11-12-20-36(35)23-34/h4-25,38-45H,3,26-31H2,1-2H3;2-23,37-45H,24-30H2,1H3/t38-,39?,40?,41?,42?,43+,44-;37-,38?,39?,40?,41?,42+,43-/m11/s1. The quantitative estimate of drug-likeness (QED) is 0.0328. The Morgan fingerprint density at radius 1 is 0.317 bits per heavy atom. The lowest BCUT2D eigenvalue weighted by Gasteiger charge is -2.34. The summed E-state index contributed by atoms with van der Waals surface area (Å²) in [6.07, 6.45) is -9.37. The lowest BCUT2D eigenvalue weighted by atomic mass is 10.1. The number of rotatable bonds is 40. The van der Waals surface area contributed by atoms with Crippen molar-refractivity contribution in [1.29, 1.82) is 0 Å². The fourth-order valence-corrected chi connectivity index (χ4v) is 12.8. The molecule has 0 aliphatic carbocycles. The summed E-state index contributed by atoms with van der Waals surface area (Å²) in [6.45, 7) is 4.81. The topological polar surface area (TPSA) is 190 Å². The van der Waals surface area contributed by atoms with Gasteiger partial charge in [0.2, 0.25) is 0 Å². The van der Waals surface area contributed by atoms with Gasteiger partial charge in [-0.3, -0.25) is 0 Å². The maximum atomic E-state index is 10.8. The number of benzene rings is 10. The van der Waals surface area contributed by atoms with Crippen LogP contribution < -0.4 is 0 Å². The van der Waals surface area contributed by atoms with Gasteiger partial charge in [0.1, 0.15) is 67.1 Å². The zero-order valence-electron chi connectivity index (χ0n) is 59.4. The highest BCUT2D eigenvalue weighted by Crippen LogP contribution is 2.31. The SMILES string of the molecule is CC[C@H]1O[C@@H](OCC(OCc2ccccc2)C(OCc2ccccc2)C(COCc2ccc3ccccc3c2)OCc2ccccc2)[C@@H](OC)C1O.CO[C@H]1C(O)[C@@H](CO)O[C@H]1OCC(OCc1ccccc1)C(OCc1ccccc1)C(COCc1ccc2ccccc2c1)OCc1ccccc1. The van der Waals surface area contributed by atoms with Crippen LogP contribution in [0.5, 0.6) is 0 Å². The second-order valence-corrected chi connectivity index (χ2v) is 26.0. The molecule has 12 rings (SSSR count). The van der Waals surface area contributed by atoms with Gasteiger partial charge in [-0.25, -0.2) is 0 Å². The molecule has 17 heteroatoms. The molecule has 104 heavy (non-hydrogen) atoms. The molecule has 2 saturated heterocycles. The van der Waals surface area contributed by atoms with E-state index in [0.29, 0.717) is 52.7 Å². The molecule has 0 radical (unpaired) electrons. The van der Waals surface area contributed by atoms with E-state index in [1.165, 1.54) is 17.9 Å². The summed E-state index contributed by atoms with van der Waals surface area (Å²) in [5.41, 5.74) is 8.14. The number of methoxy groups -OCH3 is 2. The molecule has 548 valence electrons. The number of hydrogen-bond acceptors (Lipinski definition) is 17. The number of ether oxygens (including phenoxy) is 14. The van der Waals surface area contributed by atoms with E-state index in [1.54, 1.807) is 7.11 Å². The van der Waals surface area contributed by atoms with Gasteiger partial charge in [-0.2, -0.15) is 0 Å². The number of fused-ring (bicyclic) bond motifs is 2. The van der Waals surface area contributed by atoms with E-state index in [0.717, 1.165) is 55.3 Å². The first kappa shape index (κ1) is 77.1. The van der Waals surface area contributed by atoms with E-state index in [-0.39, 0.29) is 39.6 Å². The smallest absolute Gasteiger partial charge is 0.187 e. The molecule has 14 atom stereocenters. The monoisotopic (exact) mass is 1410 g/mol. The molecular weight excluding hydrogens is 1320 g/mol. The highest BCUT2D eigenvalue weighted by atomic mass is 16.7. The first-order valence-corrected chi connectivity index (χ1v) is 35.8. The lowest BCUT2D eigenvalue weighted by Crippen LogP contribution is -2.48.